The second-order valence-electron chi connectivity index (χ2n) is 4.18. The van der Waals surface area contributed by atoms with Gasteiger partial charge in [0, 0.05) is 5.92 Å². The summed E-state index contributed by atoms with van der Waals surface area (Å²) in [6.45, 7) is 0.541. The molecule has 5 heteroatoms. The number of rotatable bonds is 4. The zero-order valence-electron chi connectivity index (χ0n) is 9.26. The van der Waals surface area contributed by atoms with Crippen LogP contribution < -0.4 is 0 Å². The normalized spacial score (nSPS) is 16.5. The molecule has 1 aliphatic rings. The van der Waals surface area contributed by atoms with E-state index >= 15 is 0 Å². The van der Waals surface area contributed by atoms with E-state index in [1.807, 2.05) is 0 Å². The van der Waals surface area contributed by atoms with Crippen LogP contribution in [0.4, 0.5) is 0 Å². The summed E-state index contributed by atoms with van der Waals surface area (Å²) in [5.74, 6) is 0.477. The molecule has 5 nitrogen and oxygen atoms in total. The highest BCUT2D eigenvalue weighted by atomic mass is 16.3. The third kappa shape index (κ3) is 2.07. The molecule has 1 aromatic heterocycles. The molecule has 1 fully saturated rings. The fourth-order valence-electron chi connectivity index (χ4n) is 2.46. The zero-order chi connectivity index (χ0) is 11.4. The van der Waals surface area contributed by atoms with Crippen molar-refractivity contribution >= 4 is 0 Å². The van der Waals surface area contributed by atoms with Crippen LogP contribution in [0.25, 0.3) is 0 Å². The molecule has 1 aromatic rings. The highest BCUT2D eigenvalue weighted by Gasteiger charge is 2.25. The summed E-state index contributed by atoms with van der Waals surface area (Å²) >= 11 is 0. The number of hydrogen-bond donors (Lipinski definition) is 1. The lowest BCUT2D eigenvalue weighted by molar-refractivity contribution is 0.264. The standard InChI is InChI=1S/C11H16N4O/c12-6-5-10-11(9-3-1-2-4-9)15(7-8-16)14-13-10/h9,16H,1-5,7-8H2. The maximum absolute atomic E-state index is 8.97. The molecule has 1 aliphatic carbocycles. The minimum atomic E-state index is 0.0646. The Morgan fingerprint density at radius 3 is 2.81 bits per heavy atom. The summed E-state index contributed by atoms with van der Waals surface area (Å²) < 4.78 is 1.77. The summed E-state index contributed by atoms with van der Waals surface area (Å²) in [7, 11) is 0. The molecule has 1 saturated carbocycles. The van der Waals surface area contributed by atoms with E-state index in [-0.39, 0.29) is 6.61 Å². The van der Waals surface area contributed by atoms with Gasteiger partial charge in [-0.1, -0.05) is 18.1 Å². The molecule has 2 rings (SSSR count). The summed E-state index contributed by atoms with van der Waals surface area (Å²) in [6, 6.07) is 2.12. The van der Waals surface area contributed by atoms with Gasteiger partial charge < -0.3 is 5.11 Å². The van der Waals surface area contributed by atoms with Crippen LogP contribution in [0.1, 0.15) is 43.0 Å². The van der Waals surface area contributed by atoms with Gasteiger partial charge in [-0.3, -0.25) is 0 Å². The monoisotopic (exact) mass is 220 g/mol. The Balaban J connectivity index is 2.28. The number of aromatic nitrogens is 3. The van der Waals surface area contributed by atoms with Gasteiger partial charge in [0.2, 0.25) is 0 Å². The van der Waals surface area contributed by atoms with Crippen molar-refractivity contribution in [3.63, 3.8) is 0 Å². The van der Waals surface area contributed by atoms with Gasteiger partial charge in [-0.05, 0) is 12.8 Å². The fourth-order valence-corrected chi connectivity index (χ4v) is 2.46. The van der Waals surface area contributed by atoms with Gasteiger partial charge in [0.05, 0.1) is 31.3 Å². The minimum Gasteiger partial charge on any atom is -0.394 e. The number of aliphatic hydroxyl groups excluding tert-OH is 1. The molecule has 0 saturated heterocycles. The van der Waals surface area contributed by atoms with Crippen molar-refractivity contribution in [1.29, 1.82) is 5.26 Å². The van der Waals surface area contributed by atoms with Crippen LogP contribution >= 0.6 is 0 Å². The van der Waals surface area contributed by atoms with Crippen molar-refractivity contribution in [2.75, 3.05) is 6.61 Å². The topological polar surface area (TPSA) is 74.7 Å². The van der Waals surface area contributed by atoms with E-state index in [1.165, 1.54) is 12.8 Å². The first kappa shape index (κ1) is 11.1. The average Bonchev–Trinajstić information content (AvgIpc) is 2.88. The summed E-state index contributed by atoms with van der Waals surface area (Å²) in [4.78, 5) is 0. The Bertz CT molecular complexity index is 387. The third-order valence-corrected chi connectivity index (χ3v) is 3.15. The smallest absolute Gasteiger partial charge is 0.100 e. The SMILES string of the molecule is N#CCc1nnn(CCO)c1C1CCCC1. The van der Waals surface area contributed by atoms with Crippen molar-refractivity contribution < 1.29 is 5.11 Å². The van der Waals surface area contributed by atoms with Crippen molar-refractivity contribution in [3.05, 3.63) is 11.4 Å². The van der Waals surface area contributed by atoms with Crippen LogP contribution in [-0.4, -0.2) is 26.7 Å². The number of aliphatic hydroxyl groups is 1. The molecule has 0 atom stereocenters. The number of hydrogen-bond acceptors (Lipinski definition) is 4. The zero-order valence-corrected chi connectivity index (χ0v) is 9.26. The van der Waals surface area contributed by atoms with Crippen LogP contribution in [0.3, 0.4) is 0 Å². The first-order chi connectivity index (χ1) is 7.86. The first-order valence-corrected chi connectivity index (χ1v) is 5.77. The van der Waals surface area contributed by atoms with Crippen LogP contribution in [0.2, 0.25) is 0 Å². The van der Waals surface area contributed by atoms with E-state index in [1.54, 1.807) is 4.68 Å². The molecule has 0 amide bonds. The molecular weight excluding hydrogens is 204 g/mol. The average molecular weight is 220 g/mol. The second kappa shape index (κ2) is 5.08. The summed E-state index contributed by atoms with van der Waals surface area (Å²) in [6.07, 6.45) is 5.09. The predicted molar refractivity (Wildman–Crippen MR) is 57.6 cm³/mol. The molecule has 0 radical (unpaired) electrons. The summed E-state index contributed by atoms with van der Waals surface area (Å²) in [5, 5.41) is 25.8. The Morgan fingerprint density at radius 2 is 2.19 bits per heavy atom. The predicted octanol–water partition coefficient (Wildman–Crippen LogP) is 0.994. The highest BCUT2D eigenvalue weighted by Crippen LogP contribution is 2.35. The Labute approximate surface area is 94.7 Å². The van der Waals surface area contributed by atoms with Gasteiger partial charge in [-0.25, -0.2) is 4.68 Å². The largest absolute Gasteiger partial charge is 0.394 e. The van der Waals surface area contributed by atoms with Gasteiger partial charge in [-0.15, -0.1) is 5.10 Å². The minimum absolute atomic E-state index is 0.0646. The quantitative estimate of drug-likeness (QED) is 0.821. The molecule has 0 bridgehead atoms. The lowest BCUT2D eigenvalue weighted by Gasteiger charge is -2.12. The molecule has 0 aliphatic heterocycles. The molecule has 1 N–H and O–H groups in total. The van der Waals surface area contributed by atoms with Gasteiger partial charge in [0.15, 0.2) is 0 Å². The van der Waals surface area contributed by atoms with Gasteiger partial charge in [-0.2, -0.15) is 5.26 Å². The summed E-state index contributed by atoms with van der Waals surface area (Å²) in [5.41, 5.74) is 1.87. The van der Waals surface area contributed by atoms with Crippen LogP contribution in [0.15, 0.2) is 0 Å². The fraction of sp³-hybridized carbons (Fsp3) is 0.727. The lowest BCUT2D eigenvalue weighted by Crippen LogP contribution is -2.11. The molecular formula is C11H16N4O. The van der Waals surface area contributed by atoms with Crippen molar-refractivity contribution in [1.82, 2.24) is 15.0 Å². The van der Waals surface area contributed by atoms with Crippen LogP contribution in [0, 0.1) is 11.3 Å². The molecule has 86 valence electrons. The molecule has 1 heterocycles. The Hall–Kier alpha value is -1.41. The Kier molecular flexibility index (Phi) is 3.52. The van der Waals surface area contributed by atoms with E-state index in [0.717, 1.165) is 24.2 Å². The molecule has 0 aromatic carbocycles. The van der Waals surface area contributed by atoms with E-state index in [9.17, 15) is 0 Å². The van der Waals surface area contributed by atoms with E-state index in [0.29, 0.717) is 18.9 Å². The van der Waals surface area contributed by atoms with Gasteiger partial charge in [0.25, 0.3) is 0 Å². The maximum Gasteiger partial charge on any atom is 0.100 e. The Morgan fingerprint density at radius 1 is 1.44 bits per heavy atom. The van der Waals surface area contributed by atoms with E-state index in [2.05, 4.69) is 16.4 Å². The van der Waals surface area contributed by atoms with Crippen molar-refractivity contribution in [3.8, 4) is 6.07 Å². The maximum atomic E-state index is 8.97. The first-order valence-electron chi connectivity index (χ1n) is 5.77. The second-order valence-corrected chi connectivity index (χ2v) is 4.18. The van der Waals surface area contributed by atoms with Crippen LogP contribution in [-0.2, 0) is 13.0 Å². The van der Waals surface area contributed by atoms with Crippen LogP contribution in [0.5, 0.6) is 0 Å². The molecule has 16 heavy (non-hydrogen) atoms. The van der Waals surface area contributed by atoms with E-state index in [4.69, 9.17) is 10.4 Å². The third-order valence-electron chi connectivity index (χ3n) is 3.15. The van der Waals surface area contributed by atoms with Gasteiger partial charge >= 0.3 is 0 Å². The number of nitriles is 1. The van der Waals surface area contributed by atoms with Crippen molar-refractivity contribution in [2.24, 2.45) is 0 Å². The molecule has 0 spiro atoms. The van der Waals surface area contributed by atoms with E-state index < -0.39 is 0 Å². The lowest BCUT2D eigenvalue weighted by atomic mass is 10.0. The molecule has 0 unspecified atom stereocenters. The highest BCUT2D eigenvalue weighted by molar-refractivity contribution is 5.19. The van der Waals surface area contributed by atoms with Gasteiger partial charge in [0.1, 0.15) is 5.69 Å². The number of nitrogens with zero attached hydrogens (tertiary/aromatic N) is 4. The van der Waals surface area contributed by atoms with Crippen molar-refractivity contribution in [2.45, 2.75) is 44.6 Å².